The molecule has 0 aromatic carbocycles. The van der Waals surface area contributed by atoms with Crippen molar-refractivity contribution in [1.82, 2.24) is 0 Å². The van der Waals surface area contributed by atoms with Gasteiger partial charge in [-0.3, -0.25) is 0 Å². The maximum atomic E-state index is 11.5. The van der Waals surface area contributed by atoms with Crippen LogP contribution in [0, 0.1) is 0 Å². The number of halogens is 2. The lowest BCUT2D eigenvalue weighted by molar-refractivity contribution is 0.250. The molecule has 11 heavy (non-hydrogen) atoms. The second-order valence-corrected chi connectivity index (χ2v) is 2.31. The first-order valence-electron chi connectivity index (χ1n) is 3.27. The van der Waals surface area contributed by atoms with Gasteiger partial charge < -0.3 is 4.42 Å². The van der Waals surface area contributed by atoms with Crippen LogP contribution in [0.1, 0.15) is 13.8 Å². The minimum atomic E-state index is -2.39. The first-order chi connectivity index (χ1) is 5.29. The normalized spacial score (nSPS) is 9.18. The molecular weight excluding hydrogens is 170 g/mol. The molecule has 0 amide bonds. The molecular formula is C7H10F2OS. The topological polar surface area (TPSA) is 13.1 Å². The van der Waals surface area contributed by atoms with E-state index in [0.717, 1.165) is 0 Å². The van der Waals surface area contributed by atoms with Crippen LogP contribution in [-0.2, 0) is 0 Å². The molecule has 1 heterocycles. The molecule has 1 nitrogen and oxygen atoms in total. The van der Waals surface area contributed by atoms with Gasteiger partial charge in [0.1, 0.15) is 0 Å². The Balaban J connectivity index is 0.000000461. The third kappa shape index (κ3) is 4.84. The van der Waals surface area contributed by atoms with Crippen LogP contribution in [0.5, 0.6) is 0 Å². The molecule has 1 aromatic heterocycles. The van der Waals surface area contributed by atoms with Crippen LogP contribution in [0.25, 0.3) is 0 Å². The standard InChI is InChI=1S/C5H4F2OS.C2H6/c6-5(7)9-4-2-1-3-8-4;1-2/h1-3,5H;1-2H3. The highest BCUT2D eigenvalue weighted by molar-refractivity contribution is 7.99. The van der Waals surface area contributed by atoms with Gasteiger partial charge in [0.25, 0.3) is 5.76 Å². The summed E-state index contributed by atoms with van der Waals surface area (Å²) in [6.45, 7) is 4.00. The monoisotopic (exact) mass is 180 g/mol. The predicted octanol–water partition coefficient (Wildman–Crippen LogP) is 3.62. The molecule has 0 saturated heterocycles. The molecule has 0 radical (unpaired) electrons. The third-order valence-electron chi connectivity index (χ3n) is 0.700. The highest BCUT2D eigenvalue weighted by Gasteiger charge is 2.05. The summed E-state index contributed by atoms with van der Waals surface area (Å²) in [6.07, 6.45) is 1.37. The lowest BCUT2D eigenvalue weighted by Crippen LogP contribution is -1.76. The average Bonchev–Trinajstić information content (AvgIpc) is 2.43. The van der Waals surface area contributed by atoms with Crippen LogP contribution >= 0.6 is 11.8 Å². The van der Waals surface area contributed by atoms with E-state index in [2.05, 4.69) is 4.42 Å². The van der Waals surface area contributed by atoms with Gasteiger partial charge in [0.2, 0.25) is 0 Å². The summed E-state index contributed by atoms with van der Waals surface area (Å²) in [5.74, 6) is -2.39. The molecule has 0 N–H and O–H groups in total. The van der Waals surface area contributed by atoms with Gasteiger partial charge in [-0.15, -0.1) is 0 Å². The van der Waals surface area contributed by atoms with E-state index in [9.17, 15) is 8.78 Å². The van der Waals surface area contributed by atoms with Gasteiger partial charge in [-0.05, 0) is 23.9 Å². The van der Waals surface area contributed by atoms with Crippen LogP contribution < -0.4 is 0 Å². The highest BCUT2D eigenvalue weighted by atomic mass is 32.2. The molecule has 0 aliphatic carbocycles. The van der Waals surface area contributed by atoms with E-state index in [-0.39, 0.29) is 5.09 Å². The molecule has 1 aromatic rings. The number of hydrogen-bond donors (Lipinski definition) is 0. The molecule has 0 unspecified atom stereocenters. The van der Waals surface area contributed by atoms with Crippen molar-refractivity contribution in [2.45, 2.75) is 24.7 Å². The molecule has 64 valence electrons. The van der Waals surface area contributed by atoms with E-state index in [4.69, 9.17) is 0 Å². The second-order valence-electron chi connectivity index (χ2n) is 1.31. The maximum absolute atomic E-state index is 11.5. The lowest BCUT2D eigenvalue weighted by Gasteiger charge is -1.90. The number of alkyl halides is 2. The molecule has 0 bridgehead atoms. The highest BCUT2D eigenvalue weighted by Crippen LogP contribution is 2.24. The molecule has 0 spiro atoms. The SMILES string of the molecule is CC.FC(F)Sc1ccco1. The Morgan fingerprint density at radius 2 is 2.09 bits per heavy atom. The number of furan rings is 1. The van der Waals surface area contributed by atoms with Crippen LogP contribution in [-0.4, -0.2) is 5.76 Å². The Kier molecular flexibility index (Phi) is 5.93. The van der Waals surface area contributed by atoms with E-state index in [1.165, 1.54) is 12.3 Å². The van der Waals surface area contributed by atoms with Gasteiger partial charge in [-0.2, -0.15) is 8.78 Å². The molecule has 0 aliphatic heterocycles. The van der Waals surface area contributed by atoms with Crippen molar-refractivity contribution in [3.05, 3.63) is 18.4 Å². The van der Waals surface area contributed by atoms with Crippen molar-refractivity contribution >= 4 is 11.8 Å². The van der Waals surface area contributed by atoms with Crippen LogP contribution in [0.3, 0.4) is 0 Å². The summed E-state index contributed by atoms with van der Waals surface area (Å²) in [5.41, 5.74) is 0. The minimum Gasteiger partial charge on any atom is -0.458 e. The minimum absolute atomic E-state index is 0.255. The fourth-order valence-electron chi connectivity index (χ4n) is 0.418. The van der Waals surface area contributed by atoms with E-state index in [1.807, 2.05) is 13.8 Å². The molecule has 1 rings (SSSR count). The maximum Gasteiger partial charge on any atom is 0.291 e. The van der Waals surface area contributed by atoms with Gasteiger partial charge in [0.05, 0.1) is 6.26 Å². The van der Waals surface area contributed by atoms with E-state index in [1.54, 1.807) is 6.07 Å². The summed E-state index contributed by atoms with van der Waals surface area (Å²) in [7, 11) is 0. The third-order valence-corrected chi connectivity index (χ3v) is 1.34. The van der Waals surface area contributed by atoms with Gasteiger partial charge in [-0.25, -0.2) is 0 Å². The Hall–Kier alpha value is -0.510. The summed E-state index contributed by atoms with van der Waals surface area (Å²) < 4.78 is 27.6. The molecule has 0 saturated carbocycles. The quantitative estimate of drug-likeness (QED) is 0.645. The fourth-order valence-corrected chi connectivity index (χ4v) is 0.862. The van der Waals surface area contributed by atoms with Gasteiger partial charge in [-0.1, -0.05) is 13.8 Å². The summed E-state index contributed by atoms with van der Waals surface area (Å²) in [5, 5.41) is 0.255. The van der Waals surface area contributed by atoms with Crippen molar-refractivity contribution < 1.29 is 13.2 Å². The van der Waals surface area contributed by atoms with E-state index < -0.39 is 5.76 Å². The average molecular weight is 180 g/mol. The number of thioether (sulfide) groups is 1. The van der Waals surface area contributed by atoms with Gasteiger partial charge in [0.15, 0.2) is 5.09 Å². The number of hydrogen-bond acceptors (Lipinski definition) is 2. The van der Waals surface area contributed by atoms with Crippen molar-refractivity contribution in [3.8, 4) is 0 Å². The van der Waals surface area contributed by atoms with Crippen LogP contribution in [0.15, 0.2) is 27.9 Å². The summed E-state index contributed by atoms with van der Waals surface area (Å²) in [6, 6.07) is 3.07. The van der Waals surface area contributed by atoms with Crippen molar-refractivity contribution in [1.29, 1.82) is 0 Å². The van der Waals surface area contributed by atoms with Crippen molar-refractivity contribution in [2.24, 2.45) is 0 Å². The molecule has 4 heteroatoms. The Morgan fingerprint density at radius 3 is 2.45 bits per heavy atom. The van der Waals surface area contributed by atoms with Crippen molar-refractivity contribution in [3.63, 3.8) is 0 Å². The smallest absolute Gasteiger partial charge is 0.291 e. The molecule has 0 aliphatic rings. The van der Waals surface area contributed by atoms with Crippen molar-refractivity contribution in [2.75, 3.05) is 0 Å². The van der Waals surface area contributed by atoms with Crippen LogP contribution in [0.4, 0.5) is 8.78 Å². The first-order valence-corrected chi connectivity index (χ1v) is 4.15. The first kappa shape index (κ1) is 10.5. The zero-order valence-corrected chi connectivity index (χ0v) is 7.20. The van der Waals surface area contributed by atoms with Gasteiger partial charge >= 0.3 is 0 Å². The second kappa shape index (κ2) is 6.22. The van der Waals surface area contributed by atoms with Gasteiger partial charge in [0, 0.05) is 0 Å². The molecule has 0 fully saturated rings. The largest absolute Gasteiger partial charge is 0.458 e. The number of rotatable bonds is 2. The summed E-state index contributed by atoms with van der Waals surface area (Å²) in [4.78, 5) is 0. The molecule has 0 atom stereocenters. The Morgan fingerprint density at radius 1 is 1.45 bits per heavy atom. The lowest BCUT2D eigenvalue weighted by atomic mass is 10.7. The van der Waals surface area contributed by atoms with E-state index in [0.29, 0.717) is 11.8 Å². The van der Waals surface area contributed by atoms with Crippen LogP contribution in [0.2, 0.25) is 0 Å². The Labute approximate surface area is 68.8 Å². The zero-order chi connectivity index (χ0) is 8.69. The zero-order valence-electron chi connectivity index (χ0n) is 6.38. The van der Waals surface area contributed by atoms with E-state index >= 15 is 0 Å². The fraction of sp³-hybridized carbons (Fsp3) is 0.429. The predicted molar refractivity (Wildman–Crippen MR) is 41.9 cm³/mol. The Bertz CT molecular complexity index is 163. The summed E-state index contributed by atoms with van der Waals surface area (Å²) >= 11 is 0.405.